The molecule has 1 saturated heterocycles. The third-order valence-corrected chi connectivity index (χ3v) is 9.65. The molecule has 1 aliphatic heterocycles. The number of pyridine rings is 1. The summed E-state index contributed by atoms with van der Waals surface area (Å²) in [6.07, 6.45) is 0.622. The van der Waals surface area contributed by atoms with E-state index in [0.29, 0.717) is 30.0 Å². The number of nitrogens with zero attached hydrogens (tertiary/aromatic N) is 3. The zero-order valence-corrected chi connectivity index (χ0v) is 25.2. The maximum atomic E-state index is 12.5. The number of benzene rings is 3. The molecule has 5 aromatic rings. The Hall–Kier alpha value is -4.46. The Morgan fingerprint density at radius 3 is 2.14 bits per heavy atom. The van der Waals surface area contributed by atoms with Crippen LogP contribution in [0.1, 0.15) is 39.7 Å². The lowest BCUT2D eigenvalue weighted by Gasteiger charge is -2.28. The second-order valence-electron chi connectivity index (χ2n) is 12.4. The van der Waals surface area contributed by atoms with Gasteiger partial charge in [-0.05, 0) is 64.8 Å². The summed E-state index contributed by atoms with van der Waals surface area (Å²) in [6, 6.07) is 32.2. The highest BCUT2D eigenvalue weighted by Crippen LogP contribution is 2.50. The van der Waals surface area contributed by atoms with Crippen molar-refractivity contribution in [3.63, 3.8) is 0 Å². The summed E-state index contributed by atoms with van der Waals surface area (Å²) in [4.78, 5) is 32.1. The van der Waals surface area contributed by atoms with Crippen LogP contribution < -0.4 is 5.56 Å². The van der Waals surface area contributed by atoms with Crippen LogP contribution in [0.25, 0.3) is 22.2 Å². The summed E-state index contributed by atoms with van der Waals surface area (Å²) in [6.45, 7) is 7.04. The lowest BCUT2D eigenvalue weighted by Crippen LogP contribution is -2.34. The zero-order valence-electron chi connectivity index (χ0n) is 25.2. The Labute approximate surface area is 257 Å². The Balaban J connectivity index is 1.07. The molecule has 3 heterocycles. The van der Waals surface area contributed by atoms with E-state index in [-0.39, 0.29) is 5.56 Å². The summed E-state index contributed by atoms with van der Waals surface area (Å²) in [5.74, 6) is 0.185. The molecular weight excluding hydrogens is 548 g/mol. The second-order valence-corrected chi connectivity index (χ2v) is 12.4. The van der Waals surface area contributed by atoms with Crippen molar-refractivity contribution in [1.82, 2.24) is 19.4 Å². The third kappa shape index (κ3) is 5.38. The molecule has 2 N–H and O–H groups in total. The Kier molecular flexibility index (Phi) is 7.44. The fraction of sp³-hybridized carbons (Fsp3) is 0.297. The van der Waals surface area contributed by atoms with Crippen molar-refractivity contribution in [3.05, 3.63) is 129 Å². The van der Waals surface area contributed by atoms with Crippen LogP contribution >= 0.6 is 0 Å². The summed E-state index contributed by atoms with van der Waals surface area (Å²) >= 11 is 0. The molecule has 0 radical (unpaired) electrons. The van der Waals surface area contributed by atoms with Gasteiger partial charge in [0.05, 0.1) is 5.69 Å². The first-order chi connectivity index (χ1) is 21.4. The number of carbonyl (C=O) groups is 1. The van der Waals surface area contributed by atoms with Gasteiger partial charge in [-0.1, -0.05) is 73.7 Å². The third-order valence-electron chi connectivity index (χ3n) is 9.65. The molecule has 2 aliphatic rings. The predicted octanol–water partition coefficient (Wildman–Crippen LogP) is 5.93. The predicted molar refractivity (Wildman–Crippen MR) is 173 cm³/mol. The van der Waals surface area contributed by atoms with Crippen LogP contribution in [0.4, 0.5) is 0 Å². The molecule has 0 spiro atoms. The summed E-state index contributed by atoms with van der Waals surface area (Å²) < 4.78 is 2.27. The minimum Gasteiger partial charge on any atom is -0.477 e. The number of nitrogens with one attached hydrogen (secondary N) is 1. The lowest BCUT2D eigenvalue weighted by molar-refractivity contribution is 0.0695. The van der Waals surface area contributed by atoms with Crippen molar-refractivity contribution in [2.45, 2.75) is 39.0 Å². The Bertz CT molecular complexity index is 1820. The maximum Gasteiger partial charge on any atom is 0.341 e. The fourth-order valence-electron chi connectivity index (χ4n) is 7.37. The van der Waals surface area contributed by atoms with E-state index in [1.165, 1.54) is 22.9 Å². The highest BCUT2D eigenvalue weighted by Gasteiger charge is 2.57. The van der Waals surface area contributed by atoms with Crippen LogP contribution in [-0.4, -0.2) is 49.6 Å². The van der Waals surface area contributed by atoms with E-state index in [1.807, 2.05) is 13.0 Å². The van der Waals surface area contributed by atoms with Crippen LogP contribution in [0.5, 0.6) is 0 Å². The van der Waals surface area contributed by atoms with Gasteiger partial charge in [0.1, 0.15) is 5.56 Å². The number of aryl methyl sites for hydroxylation is 2. The van der Waals surface area contributed by atoms with Gasteiger partial charge in [-0.3, -0.25) is 14.6 Å². The molecule has 1 saturated carbocycles. The van der Waals surface area contributed by atoms with Gasteiger partial charge in [-0.2, -0.15) is 0 Å². The summed E-state index contributed by atoms with van der Waals surface area (Å²) in [7, 11) is 2.12. The number of hydrogen-bond acceptors (Lipinski definition) is 4. The van der Waals surface area contributed by atoms with Crippen LogP contribution in [-0.2, 0) is 33.1 Å². The number of fused-ring (bicyclic) bond motifs is 2. The molecule has 1 unspecified atom stereocenters. The minimum atomic E-state index is -1.21. The molecule has 2 fully saturated rings. The highest BCUT2D eigenvalue weighted by atomic mass is 16.4. The molecule has 2 aromatic heterocycles. The number of piperidine rings is 1. The van der Waals surface area contributed by atoms with Crippen molar-refractivity contribution in [2.75, 3.05) is 13.1 Å². The topological polar surface area (TPSA) is 81.6 Å². The second kappa shape index (κ2) is 11.6. The van der Waals surface area contributed by atoms with E-state index in [1.54, 1.807) is 0 Å². The molecule has 44 heavy (non-hydrogen) atoms. The van der Waals surface area contributed by atoms with E-state index in [2.05, 4.69) is 105 Å². The Morgan fingerprint density at radius 2 is 1.55 bits per heavy atom. The number of aromatic nitrogens is 2. The molecule has 7 rings (SSSR count). The molecule has 224 valence electrons. The standard InChI is InChI=1S/C37H38N4O3/c1-3-26-18-30(37(43)44)36(42)38-34(26)27-14-15-33-28(16-27)17-29(39(33)2)21-40-22-31-32(23-40)35(31)41(19-24-10-6-4-7-11-24)20-25-12-8-5-9-13-25/h4-18,31-32,35H,3,19-23H2,1-2H3,(H,38,42)(H,43,44)/t31-,32+,35?. The van der Waals surface area contributed by atoms with Gasteiger partial charge in [-0.25, -0.2) is 4.79 Å². The van der Waals surface area contributed by atoms with E-state index in [4.69, 9.17) is 0 Å². The molecule has 3 aromatic carbocycles. The number of carboxylic acids is 1. The first kappa shape index (κ1) is 28.3. The van der Waals surface area contributed by atoms with Gasteiger partial charge >= 0.3 is 5.97 Å². The van der Waals surface area contributed by atoms with Gasteiger partial charge in [-0.15, -0.1) is 0 Å². The van der Waals surface area contributed by atoms with Crippen LogP contribution in [0, 0.1) is 11.8 Å². The highest BCUT2D eigenvalue weighted by molar-refractivity contribution is 5.89. The number of H-pyrrole nitrogens is 1. The quantitative estimate of drug-likeness (QED) is 0.212. The molecule has 0 bridgehead atoms. The van der Waals surface area contributed by atoms with Crippen LogP contribution in [0.2, 0.25) is 0 Å². The van der Waals surface area contributed by atoms with E-state index in [0.717, 1.165) is 54.8 Å². The number of aromatic amines is 1. The minimum absolute atomic E-state index is 0.220. The van der Waals surface area contributed by atoms with Gasteiger partial charge in [0.15, 0.2) is 0 Å². The van der Waals surface area contributed by atoms with Crippen LogP contribution in [0.3, 0.4) is 0 Å². The maximum absolute atomic E-state index is 12.5. The van der Waals surface area contributed by atoms with Crippen molar-refractivity contribution in [3.8, 4) is 11.3 Å². The summed E-state index contributed by atoms with van der Waals surface area (Å²) in [5.41, 5.74) is 6.76. The average Bonchev–Trinajstić information content (AvgIpc) is 3.36. The normalized spacial score (nSPS) is 19.5. The van der Waals surface area contributed by atoms with Gasteiger partial charge in [0.25, 0.3) is 5.56 Å². The number of likely N-dealkylation sites (tertiary alicyclic amines) is 1. The van der Waals surface area contributed by atoms with Gasteiger partial charge < -0.3 is 14.7 Å². The first-order valence-corrected chi connectivity index (χ1v) is 15.5. The molecule has 7 nitrogen and oxygen atoms in total. The molecular formula is C37H38N4O3. The van der Waals surface area contributed by atoms with Gasteiger partial charge in [0.2, 0.25) is 0 Å². The Morgan fingerprint density at radius 1 is 0.909 bits per heavy atom. The van der Waals surface area contributed by atoms with Crippen molar-refractivity contribution >= 4 is 16.9 Å². The lowest BCUT2D eigenvalue weighted by atomic mass is 10.0. The number of carboxylic acid groups (broad SMARTS) is 1. The molecule has 0 amide bonds. The fourth-order valence-corrected chi connectivity index (χ4v) is 7.37. The first-order valence-electron chi connectivity index (χ1n) is 15.5. The van der Waals surface area contributed by atoms with E-state index >= 15 is 0 Å². The van der Waals surface area contributed by atoms with Crippen LogP contribution in [0.15, 0.2) is 95.8 Å². The largest absolute Gasteiger partial charge is 0.477 e. The SMILES string of the molecule is CCc1cc(C(=O)O)c(=O)[nH]c1-c1ccc2c(c1)cc(CN1C[C@@H]3C(N(Cc4ccccc4)Cc4ccccc4)[C@@H]3C1)n2C. The van der Waals surface area contributed by atoms with Crippen molar-refractivity contribution in [2.24, 2.45) is 18.9 Å². The monoisotopic (exact) mass is 586 g/mol. The number of rotatable bonds is 10. The van der Waals surface area contributed by atoms with Gasteiger partial charge in [0, 0.05) is 62.4 Å². The van der Waals surface area contributed by atoms with E-state index in [9.17, 15) is 14.7 Å². The molecule has 7 heteroatoms. The van der Waals surface area contributed by atoms with Crippen molar-refractivity contribution < 1.29 is 9.90 Å². The van der Waals surface area contributed by atoms with Crippen molar-refractivity contribution in [1.29, 1.82) is 0 Å². The number of aromatic carboxylic acids is 1. The smallest absolute Gasteiger partial charge is 0.341 e. The molecule has 3 atom stereocenters. The summed E-state index contributed by atoms with van der Waals surface area (Å²) in [5, 5.41) is 10.5. The number of hydrogen-bond donors (Lipinski definition) is 2. The average molecular weight is 587 g/mol. The zero-order chi connectivity index (χ0) is 30.4. The molecule has 1 aliphatic carbocycles. The van der Waals surface area contributed by atoms with E-state index < -0.39 is 11.5 Å².